The summed E-state index contributed by atoms with van der Waals surface area (Å²) in [7, 11) is 0. The van der Waals surface area contributed by atoms with Gasteiger partial charge in [0, 0.05) is 53.8 Å². The third-order valence-electron chi connectivity index (χ3n) is 6.78. The first-order chi connectivity index (χ1) is 17.6. The van der Waals surface area contributed by atoms with Crippen molar-refractivity contribution in [1.82, 2.24) is 20.1 Å². The van der Waals surface area contributed by atoms with Gasteiger partial charge in [-0.25, -0.2) is 4.98 Å². The maximum absolute atomic E-state index is 4.60. The van der Waals surface area contributed by atoms with Gasteiger partial charge in [-0.3, -0.25) is 10.00 Å². The normalized spacial score (nSPS) is 16.2. The minimum atomic E-state index is 0.659. The number of piperidine rings is 1. The number of nitrogens with zero attached hydrogens (tertiary/aromatic N) is 3. The van der Waals surface area contributed by atoms with Crippen molar-refractivity contribution in [3.63, 3.8) is 0 Å². The average molecular weight is 481 g/mol. The molecule has 1 saturated heterocycles. The molecule has 6 heteroatoms. The van der Waals surface area contributed by atoms with Crippen LogP contribution in [0.25, 0.3) is 11.1 Å². The van der Waals surface area contributed by atoms with E-state index in [1.807, 2.05) is 18.3 Å². The highest BCUT2D eigenvalue weighted by atomic mass is 15.2. The Morgan fingerprint density at radius 2 is 1.86 bits per heavy atom. The lowest BCUT2D eigenvalue weighted by atomic mass is 10.0. The Hall–Kier alpha value is -3.64. The van der Waals surface area contributed by atoms with E-state index in [1.54, 1.807) is 0 Å². The summed E-state index contributed by atoms with van der Waals surface area (Å²) in [5.41, 5.74) is 6.39. The summed E-state index contributed by atoms with van der Waals surface area (Å²) in [6.45, 7) is 11.7. The maximum Gasteiger partial charge on any atom is 0.152 e. The van der Waals surface area contributed by atoms with Crippen LogP contribution in [0.3, 0.4) is 0 Å². The van der Waals surface area contributed by atoms with Gasteiger partial charge >= 0.3 is 0 Å². The van der Waals surface area contributed by atoms with Gasteiger partial charge in [0.25, 0.3) is 0 Å². The summed E-state index contributed by atoms with van der Waals surface area (Å²) in [5, 5.41) is 14.1. The molecule has 0 radical (unpaired) electrons. The average Bonchev–Trinajstić information content (AvgIpc) is 3.64. The van der Waals surface area contributed by atoms with E-state index in [9.17, 15) is 0 Å². The van der Waals surface area contributed by atoms with Crippen molar-refractivity contribution in [3.8, 4) is 11.1 Å². The molecule has 6 nitrogen and oxygen atoms in total. The number of anilines is 2. The molecule has 1 aliphatic heterocycles. The lowest BCUT2D eigenvalue weighted by Crippen LogP contribution is -2.29. The summed E-state index contributed by atoms with van der Waals surface area (Å²) in [4.78, 5) is 7.09. The smallest absolute Gasteiger partial charge is 0.152 e. The molecule has 1 aromatic carbocycles. The van der Waals surface area contributed by atoms with Crippen LogP contribution >= 0.6 is 0 Å². The van der Waals surface area contributed by atoms with Gasteiger partial charge in [-0.1, -0.05) is 49.9 Å². The predicted octanol–water partition coefficient (Wildman–Crippen LogP) is 6.49. The van der Waals surface area contributed by atoms with Crippen LogP contribution in [0.15, 0.2) is 85.4 Å². The Morgan fingerprint density at radius 1 is 1.00 bits per heavy atom. The Balaban J connectivity index is 1.13. The number of hydrogen-bond acceptors (Lipinski definition) is 5. The third kappa shape index (κ3) is 6.73. The molecule has 0 bridgehead atoms. The van der Waals surface area contributed by atoms with E-state index in [-0.39, 0.29) is 0 Å². The molecule has 2 fully saturated rings. The lowest BCUT2D eigenvalue weighted by molar-refractivity contribution is 0.251. The van der Waals surface area contributed by atoms with Crippen LogP contribution in [0.1, 0.15) is 49.3 Å². The molecule has 2 aliphatic rings. The number of benzene rings is 1. The van der Waals surface area contributed by atoms with Crippen molar-refractivity contribution in [1.29, 1.82) is 0 Å². The molecular formula is C30H36N6. The van der Waals surface area contributed by atoms with E-state index in [0.717, 1.165) is 47.1 Å². The number of rotatable bonds is 11. The second kappa shape index (κ2) is 11.4. The van der Waals surface area contributed by atoms with Crippen molar-refractivity contribution in [2.24, 2.45) is 0 Å². The number of allylic oxidation sites excluding steroid dienone is 2. The second-order valence-corrected chi connectivity index (χ2v) is 9.93. The molecule has 3 aromatic rings. The summed E-state index contributed by atoms with van der Waals surface area (Å²) in [6, 6.07) is 14.7. The number of likely N-dealkylation sites (tertiary alicyclic amines) is 1. The monoisotopic (exact) mass is 480 g/mol. The van der Waals surface area contributed by atoms with Crippen LogP contribution in [0.4, 0.5) is 11.6 Å². The number of nitrogens with one attached hydrogen (secondary N) is 3. The second-order valence-electron chi connectivity index (χ2n) is 9.93. The minimum absolute atomic E-state index is 0.659. The SMILES string of the molecule is C=C(/C=C/CN1CCCCC1)Nc1ccc(-c2cccc(CC(=C)Nc3cc(C4CC4)[nH]n3)c2)cn1. The first-order valence-electron chi connectivity index (χ1n) is 13.0. The van der Waals surface area contributed by atoms with Crippen LogP contribution in [-0.4, -0.2) is 39.7 Å². The molecule has 0 unspecified atom stereocenters. The molecular weight excluding hydrogens is 444 g/mol. The van der Waals surface area contributed by atoms with Crippen molar-refractivity contribution >= 4 is 11.6 Å². The highest BCUT2D eigenvalue weighted by Crippen LogP contribution is 2.39. The van der Waals surface area contributed by atoms with Crippen LogP contribution in [-0.2, 0) is 6.42 Å². The standard InChI is InChI=1S/C30H36N6/c1-22(8-7-17-36-15-4-3-5-16-36)32-29-14-13-27(21-31-29)26-10-6-9-24(19-26)18-23(2)33-30-20-28(34-35-30)25-11-12-25/h6-10,13-14,19-21,25H,1-5,11-12,15-18H2,(H,31,32)(H2,33,34,35)/b8-7+. The first kappa shape index (κ1) is 24.1. The molecule has 2 aromatic heterocycles. The fraction of sp³-hybridized carbons (Fsp3) is 0.333. The van der Waals surface area contributed by atoms with Gasteiger partial charge in [-0.2, -0.15) is 5.10 Å². The minimum Gasteiger partial charge on any atom is -0.343 e. The highest BCUT2D eigenvalue weighted by Gasteiger charge is 2.25. The van der Waals surface area contributed by atoms with Gasteiger partial charge < -0.3 is 10.6 Å². The van der Waals surface area contributed by atoms with E-state index < -0.39 is 0 Å². The van der Waals surface area contributed by atoms with Gasteiger partial charge in [-0.05, 0) is 68.1 Å². The number of H-pyrrole nitrogens is 1. The molecule has 186 valence electrons. The Kier molecular flexibility index (Phi) is 7.62. The summed E-state index contributed by atoms with van der Waals surface area (Å²) in [5.74, 6) is 2.30. The van der Waals surface area contributed by atoms with E-state index in [1.165, 1.54) is 56.5 Å². The summed E-state index contributed by atoms with van der Waals surface area (Å²) >= 11 is 0. The summed E-state index contributed by atoms with van der Waals surface area (Å²) < 4.78 is 0. The van der Waals surface area contributed by atoms with Crippen LogP contribution in [0.2, 0.25) is 0 Å². The highest BCUT2D eigenvalue weighted by molar-refractivity contribution is 5.65. The Morgan fingerprint density at radius 3 is 2.64 bits per heavy atom. The Bertz CT molecular complexity index is 1210. The number of aromatic amines is 1. The Labute approximate surface area is 214 Å². The van der Waals surface area contributed by atoms with E-state index >= 15 is 0 Å². The molecule has 36 heavy (non-hydrogen) atoms. The zero-order chi connectivity index (χ0) is 24.7. The zero-order valence-electron chi connectivity index (χ0n) is 21.0. The topological polar surface area (TPSA) is 68.9 Å². The lowest BCUT2D eigenvalue weighted by Gasteiger charge is -2.24. The first-order valence-corrected chi connectivity index (χ1v) is 13.0. The molecule has 0 spiro atoms. The number of aromatic nitrogens is 3. The number of pyridine rings is 1. The molecule has 1 aliphatic carbocycles. The molecule has 3 heterocycles. The fourth-order valence-electron chi connectivity index (χ4n) is 4.67. The molecule has 0 amide bonds. The largest absolute Gasteiger partial charge is 0.343 e. The molecule has 0 atom stereocenters. The zero-order valence-corrected chi connectivity index (χ0v) is 21.0. The predicted molar refractivity (Wildman–Crippen MR) is 149 cm³/mol. The van der Waals surface area contributed by atoms with Crippen molar-refractivity contribution in [2.45, 2.75) is 44.4 Å². The van der Waals surface area contributed by atoms with E-state index in [4.69, 9.17) is 0 Å². The van der Waals surface area contributed by atoms with Crippen LogP contribution in [0, 0.1) is 0 Å². The molecule has 5 rings (SSSR count). The van der Waals surface area contributed by atoms with Crippen molar-refractivity contribution in [2.75, 3.05) is 30.3 Å². The van der Waals surface area contributed by atoms with Crippen LogP contribution in [0.5, 0.6) is 0 Å². The van der Waals surface area contributed by atoms with E-state index in [2.05, 4.69) is 86.3 Å². The van der Waals surface area contributed by atoms with E-state index in [0.29, 0.717) is 5.92 Å². The fourth-order valence-corrected chi connectivity index (χ4v) is 4.67. The van der Waals surface area contributed by atoms with Gasteiger partial charge in [-0.15, -0.1) is 0 Å². The van der Waals surface area contributed by atoms with Gasteiger partial charge in [0.2, 0.25) is 0 Å². The number of hydrogen-bond donors (Lipinski definition) is 3. The van der Waals surface area contributed by atoms with Gasteiger partial charge in [0.1, 0.15) is 5.82 Å². The molecule has 1 saturated carbocycles. The quantitative estimate of drug-likeness (QED) is 0.274. The van der Waals surface area contributed by atoms with Gasteiger partial charge in [0.15, 0.2) is 5.82 Å². The van der Waals surface area contributed by atoms with Crippen LogP contribution < -0.4 is 10.6 Å². The van der Waals surface area contributed by atoms with Gasteiger partial charge in [0.05, 0.1) is 0 Å². The summed E-state index contributed by atoms with van der Waals surface area (Å²) in [6.07, 6.45) is 13.4. The molecule has 3 N–H and O–H groups in total. The van der Waals surface area contributed by atoms with Crippen molar-refractivity contribution in [3.05, 3.63) is 96.6 Å². The third-order valence-corrected chi connectivity index (χ3v) is 6.78. The maximum atomic E-state index is 4.60. The van der Waals surface area contributed by atoms with Crippen molar-refractivity contribution < 1.29 is 0 Å².